The zero-order chi connectivity index (χ0) is 13.2. The molecule has 3 heteroatoms. The van der Waals surface area contributed by atoms with Gasteiger partial charge < -0.3 is 5.32 Å². The zero-order valence-corrected chi connectivity index (χ0v) is 12.7. The average Bonchev–Trinajstić information content (AvgIpc) is 3.11. The molecule has 0 heterocycles. The maximum absolute atomic E-state index is 13.1. The van der Waals surface area contributed by atoms with Gasteiger partial charge in [-0.05, 0) is 62.3 Å². The van der Waals surface area contributed by atoms with E-state index in [0.717, 1.165) is 17.4 Å². The van der Waals surface area contributed by atoms with E-state index in [4.69, 9.17) is 0 Å². The van der Waals surface area contributed by atoms with Gasteiger partial charge in [-0.15, -0.1) is 0 Å². The number of hydrogen-bond acceptors (Lipinski definition) is 1. The summed E-state index contributed by atoms with van der Waals surface area (Å²) in [5, 5.41) is 3.60. The molecule has 1 fully saturated rings. The number of hydrogen-bond donors (Lipinski definition) is 1. The molecule has 1 aromatic carbocycles. The molecule has 0 amide bonds. The van der Waals surface area contributed by atoms with Crippen LogP contribution in [0.25, 0.3) is 0 Å². The Morgan fingerprint density at radius 2 is 2.17 bits per heavy atom. The Morgan fingerprint density at radius 1 is 1.44 bits per heavy atom. The van der Waals surface area contributed by atoms with E-state index in [1.807, 2.05) is 6.07 Å². The molecule has 1 N–H and O–H groups in total. The van der Waals surface area contributed by atoms with Crippen LogP contribution in [0.1, 0.15) is 38.7 Å². The Morgan fingerprint density at radius 3 is 2.72 bits per heavy atom. The molecule has 100 valence electrons. The van der Waals surface area contributed by atoms with Crippen LogP contribution in [0.5, 0.6) is 0 Å². The van der Waals surface area contributed by atoms with Crippen LogP contribution in [0.4, 0.5) is 4.39 Å². The largest absolute Gasteiger partial charge is 0.314 e. The second-order valence-corrected chi connectivity index (χ2v) is 6.31. The number of rotatable bonds is 6. The summed E-state index contributed by atoms with van der Waals surface area (Å²) in [7, 11) is 0. The smallest absolute Gasteiger partial charge is 0.124 e. The molecule has 1 aliphatic carbocycles. The molecule has 0 saturated heterocycles. The van der Waals surface area contributed by atoms with Gasteiger partial charge in [-0.25, -0.2) is 4.39 Å². The van der Waals surface area contributed by atoms with Crippen LogP contribution in [0.3, 0.4) is 0 Å². The molecule has 0 spiro atoms. The topological polar surface area (TPSA) is 12.0 Å². The highest BCUT2D eigenvalue weighted by molar-refractivity contribution is 9.10. The highest BCUT2D eigenvalue weighted by Crippen LogP contribution is 2.51. The van der Waals surface area contributed by atoms with Crippen molar-refractivity contribution in [3.05, 3.63) is 34.1 Å². The van der Waals surface area contributed by atoms with Crippen LogP contribution in [-0.4, -0.2) is 12.6 Å². The monoisotopic (exact) mass is 313 g/mol. The maximum atomic E-state index is 13.1. The fourth-order valence-electron chi connectivity index (χ4n) is 2.55. The van der Waals surface area contributed by atoms with Crippen LogP contribution in [0.15, 0.2) is 22.7 Å². The van der Waals surface area contributed by atoms with Crippen molar-refractivity contribution < 1.29 is 4.39 Å². The van der Waals surface area contributed by atoms with E-state index in [1.165, 1.54) is 24.8 Å². The summed E-state index contributed by atoms with van der Waals surface area (Å²) in [5.74, 6) is -0.173. The minimum Gasteiger partial charge on any atom is -0.314 e. The molecule has 1 nitrogen and oxygen atoms in total. The molecule has 2 rings (SSSR count). The Labute approximate surface area is 117 Å². The van der Waals surface area contributed by atoms with Gasteiger partial charge in [0.15, 0.2) is 0 Å². The first-order chi connectivity index (χ1) is 8.57. The predicted octanol–water partition coefficient (Wildman–Crippen LogP) is 4.30. The van der Waals surface area contributed by atoms with E-state index in [0.29, 0.717) is 11.5 Å². The van der Waals surface area contributed by atoms with Gasteiger partial charge in [-0.1, -0.05) is 28.9 Å². The van der Waals surface area contributed by atoms with Crippen molar-refractivity contribution in [2.45, 2.75) is 45.6 Å². The minimum atomic E-state index is -0.173. The van der Waals surface area contributed by atoms with Crippen LogP contribution in [-0.2, 0) is 6.42 Å². The fraction of sp³-hybridized carbons (Fsp3) is 0.600. The number of benzene rings is 1. The lowest BCUT2D eigenvalue weighted by atomic mass is 9.89. The summed E-state index contributed by atoms with van der Waals surface area (Å²) in [6.45, 7) is 5.55. The standard InChI is InChI=1S/C15H21BrFN/c1-3-8-18-11(2)15(6-7-15)10-12-4-5-13(17)9-14(12)16/h4-5,9,11,18H,3,6-8,10H2,1-2H3. The highest BCUT2D eigenvalue weighted by Gasteiger charge is 2.47. The quantitative estimate of drug-likeness (QED) is 0.825. The third-order valence-electron chi connectivity index (χ3n) is 4.07. The van der Waals surface area contributed by atoms with Gasteiger partial charge in [0.1, 0.15) is 5.82 Å². The SMILES string of the molecule is CCCNC(C)C1(Cc2ccc(F)cc2Br)CC1. The summed E-state index contributed by atoms with van der Waals surface area (Å²) in [4.78, 5) is 0. The molecule has 1 saturated carbocycles. The molecule has 0 aliphatic heterocycles. The Bertz CT molecular complexity index is 415. The van der Waals surface area contributed by atoms with Crippen molar-refractivity contribution in [3.63, 3.8) is 0 Å². The van der Waals surface area contributed by atoms with E-state index < -0.39 is 0 Å². The molecule has 0 bridgehead atoms. The zero-order valence-electron chi connectivity index (χ0n) is 11.1. The first-order valence-electron chi connectivity index (χ1n) is 6.75. The van der Waals surface area contributed by atoms with Crippen LogP contribution >= 0.6 is 15.9 Å². The van der Waals surface area contributed by atoms with E-state index >= 15 is 0 Å². The van der Waals surface area contributed by atoms with Gasteiger partial charge in [-0.2, -0.15) is 0 Å². The second kappa shape index (κ2) is 5.70. The first kappa shape index (κ1) is 14.0. The molecule has 1 unspecified atom stereocenters. The number of halogens is 2. The Hall–Kier alpha value is -0.410. The van der Waals surface area contributed by atoms with E-state index in [9.17, 15) is 4.39 Å². The number of nitrogens with one attached hydrogen (secondary N) is 1. The summed E-state index contributed by atoms with van der Waals surface area (Å²) >= 11 is 3.47. The van der Waals surface area contributed by atoms with Crippen molar-refractivity contribution in [1.82, 2.24) is 5.32 Å². The normalized spacial score (nSPS) is 18.7. The fourth-order valence-corrected chi connectivity index (χ4v) is 3.04. The van der Waals surface area contributed by atoms with Gasteiger partial charge >= 0.3 is 0 Å². The van der Waals surface area contributed by atoms with Crippen molar-refractivity contribution in [3.8, 4) is 0 Å². The van der Waals surface area contributed by atoms with Crippen molar-refractivity contribution in [2.24, 2.45) is 5.41 Å². The Balaban J connectivity index is 2.04. The molecule has 18 heavy (non-hydrogen) atoms. The molecule has 1 aromatic rings. The van der Waals surface area contributed by atoms with Crippen molar-refractivity contribution in [2.75, 3.05) is 6.54 Å². The molecular weight excluding hydrogens is 293 g/mol. The molecule has 1 atom stereocenters. The van der Waals surface area contributed by atoms with Crippen molar-refractivity contribution in [1.29, 1.82) is 0 Å². The van der Waals surface area contributed by atoms with Gasteiger partial charge in [0.25, 0.3) is 0 Å². The summed E-state index contributed by atoms with van der Waals surface area (Å²) in [5.41, 5.74) is 1.61. The van der Waals surface area contributed by atoms with Crippen LogP contribution < -0.4 is 5.32 Å². The molecule has 0 aromatic heterocycles. The average molecular weight is 314 g/mol. The summed E-state index contributed by atoms with van der Waals surface area (Å²) < 4.78 is 14.0. The van der Waals surface area contributed by atoms with E-state index in [2.05, 4.69) is 35.1 Å². The lowest BCUT2D eigenvalue weighted by Crippen LogP contribution is -2.36. The van der Waals surface area contributed by atoms with Gasteiger partial charge in [0.2, 0.25) is 0 Å². The third kappa shape index (κ3) is 3.12. The lowest BCUT2D eigenvalue weighted by Gasteiger charge is -2.25. The maximum Gasteiger partial charge on any atom is 0.124 e. The highest BCUT2D eigenvalue weighted by atomic mass is 79.9. The first-order valence-corrected chi connectivity index (χ1v) is 7.54. The van der Waals surface area contributed by atoms with Crippen LogP contribution in [0, 0.1) is 11.2 Å². The molecule has 0 radical (unpaired) electrons. The van der Waals surface area contributed by atoms with E-state index in [1.54, 1.807) is 12.1 Å². The summed E-state index contributed by atoms with van der Waals surface area (Å²) in [6.07, 6.45) is 4.75. The van der Waals surface area contributed by atoms with Gasteiger partial charge in [-0.3, -0.25) is 0 Å². The van der Waals surface area contributed by atoms with Gasteiger partial charge in [0, 0.05) is 10.5 Å². The third-order valence-corrected chi connectivity index (χ3v) is 4.81. The van der Waals surface area contributed by atoms with Gasteiger partial charge in [0.05, 0.1) is 0 Å². The predicted molar refractivity (Wildman–Crippen MR) is 77.2 cm³/mol. The van der Waals surface area contributed by atoms with E-state index in [-0.39, 0.29) is 5.82 Å². The Kier molecular flexibility index (Phi) is 4.44. The lowest BCUT2D eigenvalue weighted by molar-refractivity contribution is 0.350. The molecular formula is C15H21BrFN. The molecule has 1 aliphatic rings. The van der Waals surface area contributed by atoms with Crippen LogP contribution in [0.2, 0.25) is 0 Å². The minimum absolute atomic E-state index is 0.173. The summed E-state index contributed by atoms with van der Waals surface area (Å²) in [6, 6.07) is 5.57. The van der Waals surface area contributed by atoms with Crippen molar-refractivity contribution >= 4 is 15.9 Å². The second-order valence-electron chi connectivity index (χ2n) is 5.45.